The smallest absolute Gasteiger partial charge is 0.202 e. The lowest BCUT2D eigenvalue weighted by Crippen LogP contribution is -2.09. The highest BCUT2D eigenvalue weighted by Crippen LogP contribution is 2.39. The number of para-hydroxylation sites is 4. The number of anilines is 3. The van der Waals surface area contributed by atoms with Crippen molar-refractivity contribution in [3.63, 3.8) is 0 Å². The molecule has 0 unspecified atom stereocenters. The highest BCUT2D eigenvalue weighted by Gasteiger charge is 2.15. The molecule has 0 N–H and O–H groups in total. The van der Waals surface area contributed by atoms with E-state index in [2.05, 4.69) is 0 Å². The average molecular weight is 260 g/mol. The van der Waals surface area contributed by atoms with Gasteiger partial charge >= 0.3 is 0 Å². The maximum Gasteiger partial charge on any atom is 0.202 e. The second-order valence-electron chi connectivity index (χ2n) is 4.47. The Balaban J connectivity index is 2.17. The summed E-state index contributed by atoms with van der Waals surface area (Å²) in [6.07, 6.45) is 0. The summed E-state index contributed by atoms with van der Waals surface area (Å²) in [5, 5.41) is 12.2. The van der Waals surface area contributed by atoms with Gasteiger partial charge in [0.1, 0.15) is 0 Å². The fourth-order valence-corrected chi connectivity index (χ4v) is 2.22. The Morgan fingerprint density at radius 3 is 1.50 bits per heavy atom. The van der Waals surface area contributed by atoms with E-state index < -0.39 is 0 Å². The maximum absolute atomic E-state index is 12.2. The minimum atomic E-state index is 0.0141. The first-order valence-electron chi connectivity index (χ1n) is 6.52. The van der Waals surface area contributed by atoms with Crippen LogP contribution in [0.3, 0.4) is 0 Å². The van der Waals surface area contributed by atoms with Crippen molar-refractivity contribution in [3.05, 3.63) is 84.9 Å². The van der Waals surface area contributed by atoms with Crippen LogP contribution in [0, 0.1) is 0 Å². The van der Waals surface area contributed by atoms with E-state index in [-0.39, 0.29) is 5.75 Å². The highest BCUT2D eigenvalue weighted by molar-refractivity contribution is 5.79. The molecule has 0 heterocycles. The number of rotatable bonds is 3. The van der Waals surface area contributed by atoms with Gasteiger partial charge in [0.2, 0.25) is 5.75 Å². The first-order valence-corrected chi connectivity index (χ1v) is 6.52. The number of nitrogens with zero attached hydrogens (tertiary/aromatic N) is 1. The van der Waals surface area contributed by atoms with E-state index in [1.54, 1.807) is 12.1 Å². The molecule has 2 nitrogen and oxygen atoms in total. The molecule has 0 aliphatic heterocycles. The third-order valence-electron chi connectivity index (χ3n) is 3.13. The lowest BCUT2D eigenvalue weighted by Gasteiger charge is -2.25. The Hall–Kier alpha value is -2.74. The zero-order valence-electron chi connectivity index (χ0n) is 10.9. The number of hydrogen-bond donors (Lipinski definition) is 0. The van der Waals surface area contributed by atoms with Crippen molar-refractivity contribution in [3.8, 4) is 5.75 Å². The first-order chi connectivity index (χ1) is 9.86. The van der Waals surface area contributed by atoms with Gasteiger partial charge in [-0.05, 0) is 36.4 Å². The average Bonchev–Trinajstić information content (AvgIpc) is 2.52. The summed E-state index contributed by atoms with van der Waals surface area (Å²) in [6, 6.07) is 26.9. The van der Waals surface area contributed by atoms with Crippen LogP contribution in [0.4, 0.5) is 17.1 Å². The van der Waals surface area contributed by atoms with Crippen LogP contribution in [0.25, 0.3) is 0 Å². The molecule has 0 bridgehead atoms. The van der Waals surface area contributed by atoms with Crippen molar-refractivity contribution < 1.29 is 5.11 Å². The standard InChI is InChI=1S/C18H14NO/c20-18-14-8-7-13-17(18)19(15-9-3-1-4-10-15)16-11-5-2-6-12-16/h1-14H. The van der Waals surface area contributed by atoms with E-state index in [0.717, 1.165) is 11.4 Å². The summed E-state index contributed by atoms with van der Waals surface area (Å²) in [5.74, 6) is 0.0141. The van der Waals surface area contributed by atoms with Crippen LogP contribution in [-0.2, 0) is 5.11 Å². The van der Waals surface area contributed by atoms with Crippen molar-refractivity contribution in [1.29, 1.82) is 0 Å². The van der Waals surface area contributed by atoms with Gasteiger partial charge in [0.15, 0.2) is 0 Å². The van der Waals surface area contributed by atoms with E-state index in [4.69, 9.17) is 0 Å². The third kappa shape index (κ3) is 2.36. The minimum Gasteiger partial charge on any atom is -0.307 e. The van der Waals surface area contributed by atoms with Crippen LogP contribution >= 0.6 is 0 Å². The molecule has 3 rings (SSSR count). The third-order valence-corrected chi connectivity index (χ3v) is 3.13. The Kier molecular flexibility index (Phi) is 3.38. The van der Waals surface area contributed by atoms with Gasteiger partial charge in [-0.15, -0.1) is 0 Å². The van der Waals surface area contributed by atoms with Crippen LogP contribution < -0.4 is 4.90 Å². The van der Waals surface area contributed by atoms with Crippen molar-refractivity contribution >= 4 is 17.1 Å². The van der Waals surface area contributed by atoms with Gasteiger partial charge in [0.05, 0.1) is 5.69 Å². The summed E-state index contributed by atoms with van der Waals surface area (Å²) in [6.45, 7) is 0. The topological polar surface area (TPSA) is 23.1 Å². The summed E-state index contributed by atoms with van der Waals surface area (Å²) in [7, 11) is 0. The monoisotopic (exact) mass is 260 g/mol. The molecular formula is C18H14NO. The molecule has 3 aromatic rings. The van der Waals surface area contributed by atoms with Gasteiger partial charge in [0, 0.05) is 11.4 Å². The van der Waals surface area contributed by atoms with Gasteiger partial charge in [-0.3, -0.25) is 5.11 Å². The Morgan fingerprint density at radius 2 is 1.00 bits per heavy atom. The van der Waals surface area contributed by atoms with Crippen molar-refractivity contribution in [2.45, 2.75) is 0 Å². The van der Waals surface area contributed by atoms with Gasteiger partial charge in [-0.2, -0.15) is 0 Å². The lowest BCUT2D eigenvalue weighted by atomic mass is 10.2. The Labute approximate surface area is 118 Å². The van der Waals surface area contributed by atoms with Gasteiger partial charge in [-0.1, -0.05) is 48.5 Å². The minimum absolute atomic E-state index is 0.0141. The van der Waals surface area contributed by atoms with E-state index >= 15 is 0 Å². The van der Waals surface area contributed by atoms with Gasteiger partial charge < -0.3 is 4.90 Å². The van der Waals surface area contributed by atoms with Crippen LogP contribution in [0.1, 0.15) is 0 Å². The molecular weight excluding hydrogens is 246 g/mol. The van der Waals surface area contributed by atoms with E-state index in [1.807, 2.05) is 77.7 Å². The molecule has 0 saturated carbocycles. The quantitative estimate of drug-likeness (QED) is 0.626. The second-order valence-corrected chi connectivity index (χ2v) is 4.47. The zero-order valence-corrected chi connectivity index (χ0v) is 10.9. The first kappa shape index (κ1) is 12.3. The number of hydrogen-bond acceptors (Lipinski definition) is 1. The normalized spacial score (nSPS) is 10.2. The Bertz CT molecular complexity index is 641. The molecule has 0 aliphatic carbocycles. The highest BCUT2D eigenvalue weighted by atomic mass is 16.3. The molecule has 0 spiro atoms. The summed E-state index contributed by atoms with van der Waals surface area (Å²) < 4.78 is 0. The molecule has 0 aromatic heterocycles. The summed E-state index contributed by atoms with van der Waals surface area (Å²) >= 11 is 0. The fourth-order valence-electron chi connectivity index (χ4n) is 2.22. The molecule has 20 heavy (non-hydrogen) atoms. The predicted octanol–water partition coefficient (Wildman–Crippen LogP) is 5.30. The van der Waals surface area contributed by atoms with Gasteiger partial charge in [-0.25, -0.2) is 0 Å². The molecule has 0 fully saturated rings. The lowest BCUT2D eigenvalue weighted by molar-refractivity contribution is 0.356. The van der Waals surface area contributed by atoms with Gasteiger partial charge in [0.25, 0.3) is 0 Å². The van der Waals surface area contributed by atoms with Crippen LogP contribution in [0.15, 0.2) is 84.9 Å². The summed E-state index contributed by atoms with van der Waals surface area (Å²) in [4.78, 5) is 1.97. The van der Waals surface area contributed by atoms with Crippen molar-refractivity contribution in [1.82, 2.24) is 0 Å². The van der Waals surface area contributed by atoms with Crippen molar-refractivity contribution in [2.75, 3.05) is 4.90 Å². The van der Waals surface area contributed by atoms with Crippen LogP contribution in [0.5, 0.6) is 5.75 Å². The SMILES string of the molecule is [O]c1ccccc1N(c1ccccc1)c1ccccc1. The molecule has 1 radical (unpaired) electrons. The van der Waals surface area contributed by atoms with Crippen LogP contribution in [0.2, 0.25) is 0 Å². The maximum atomic E-state index is 12.2. The van der Waals surface area contributed by atoms with E-state index in [9.17, 15) is 5.11 Å². The largest absolute Gasteiger partial charge is 0.307 e. The van der Waals surface area contributed by atoms with E-state index in [0.29, 0.717) is 5.69 Å². The molecule has 0 aliphatic rings. The molecule has 0 atom stereocenters. The molecule has 3 aromatic carbocycles. The van der Waals surface area contributed by atoms with E-state index in [1.165, 1.54) is 0 Å². The molecule has 2 heteroatoms. The Morgan fingerprint density at radius 1 is 0.550 bits per heavy atom. The summed E-state index contributed by atoms with van der Waals surface area (Å²) in [5.41, 5.74) is 2.61. The van der Waals surface area contributed by atoms with Crippen molar-refractivity contribution in [2.24, 2.45) is 0 Å². The predicted molar refractivity (Wildman–Crippen MR) is 81.3 cm³/mol. The molecule has 0 saturated heterocycles. The molecule has 0 amide bonds. The molecule has 97 valence electrons. The second kappa shape index (κ2) is 5.49. The zero-order chi connectivity index (χ0) is 13.8. The number of benzene rings is 3. The van der Waals surface area contributed by atoms with Crippen LogP contribution in [-0.4, -0.2) is 0 Å². The fraction of sp³-hybridized carbons (Fsp3) is 0.